The predicted octanol–water partition coefficient (Wildman–Crippen LogP) is 3.71. The van der Waals surface area contributed by atoms with Gasteiger partial charge in [-0.05, 0) is 48.0 Å². The van der Waals surface area contributed by atoms with E-state index < -0.39 is 21.7 Å². The van der Waals surface area contributed by atoms with Gasteiger partial charge in [0.25, 0.3) is 5.91 Å². The first-order valence-electron chi connectivity index (χ1n) is 9.28. The SMILES string of the molecule is COC(=O)c1cc(OC)ccc1NC(=O)c1cccc(CS(=O)(=O)c2ccccc2)c1. The molecule has 0 aliphatic rings. The Morgan fingerprint density at radius 1 is 0.903 bits per heavy atom. The first kappa shape index (κ1) is 22.0. The molecule has 0 bridgehead atoms. The number of hydrogen-bond donors (Lipinski definition) is 1. The van der Waals surface area contributed by atoms with Gasteiger partial charge < -0.3 is 14.8 Å². The number of benzene rings is 3. The molecule has 0 aromatic heterocycles. The van der Waals surface area contributed by atoms with Crippen molar-refractivity contribution < 1.29 is 27.5 Å². The Morgan fingerprint density at radius 2 is 1.65 bits per heavy atom. The van der Waals surface area contributed by atoms with Gasteiger partial charge in [0.1, 0.15) is 5.75 Å². The lowest BCUT2D eigenvalue weighted by Gasteiger charge is -2.12. The summed E-state index contributed by atoms with van der Waals surface area (Å²) in [5.41, 5.74) is 1.12. The Labute approximate surface area is 180 Å². The number of amides is 1. The molecule has 0 heterocycles. The lowest BCUT2D eigenvalue weighted by molar-refractivity contribution is 0.0601. The van der Waals surface area contributed by atoms with Crippen molar-refractivity contribution in [2.45, 2.75) is 10.6 Å². The summed E-state index contributed by atoms with van der Waals surface area (Å²) in [6, 6.07) is 19.0. The molecule has 0 unspecified atom stereocenters. The summed E-state index contributed by atoms with van der Waals surface area (Å²) in [4.78, 5) is 25.1. The monoisotopic (exact) mass is 439 g/mol. The molecule has 3 aromatic carbocycles. The van der Waals surface area contributed by atoms with E-state index in [2.05, 4.69) is 5.32 Å². The summed E-state index contributed by atoms with van der Waals surface area (Å²) in [7, 11) is -0.848. The zero-order valence-electron chi connectivity index (χ0n) is 17.0. The van der Waals surface area contributed by atoms with Crippen LogP contribution in [0.1, 0.15) is 26.3 Å². The van der Waals surface area contributed by atoms with Crippen molar-refractivity contribution in [2.75, 3.05) is 19.5 Å². The second-order valence-electron chi connectivity index (χ2n) is 6.63. The van der Waals surface area contributed by atoms with Gasteiger partial charge in [-0.3, -0.25) is 4.79 Å². The van der Waals surface area contributed by atoms with Crippen LogP contribution in [0, 0.1) is 0 Å². The number of anilines is 1. The largest absolute Gasteiger partial charge is 0.497 e. The summed E-state index contributed by atoms with van der Waals surface area (Å²) in [6.45, 7) is 0. The third-order valence-electron chi connectivity index (χ3n) is 4.53. The van der Waals surface area contributed by atoms with Crippen LogP contribution < -0.4 is 10.1 Å². The number of nitrogens with one attached hydrogen (secondary N) is 1. The molecular formula is C23H21NO6S. The van der Waals surface area contributed by atoms with Crippen molar-refractivity contribution in [1.29, 1.82) is 0 Å². The molecule has 3 rings (SSSR count). The quantitative estimate of drug-likeness (QED) is 0.564. The van der Waals surface area contributed by atoms with Crippen molar-refractivity contribution >= 4 is 27.4 Å². The molecule has 0 aliphatic heterocycles. The minimum Gasteiger partial charge on any atom is -0.497 e. The van der Waals surface area contributed by atoms with E-state index in [1.54, 1.807) is 42.5 Å². The van der Waals surface area contributed by atoms with Crippen molar-refractivity contribution in [3.05, 3.63) is 89.5 Å². The number of esters is 1. The molecule has 0 saturated heterocycles. The molecule has 0 fully saturated rings. The molecule has 160 valence electrons. The number of methoxy groups -OCH3 is 2. The van der Waals surface area contributed by atoms with Crippen LogP contribution in [-0.4, -0.2) is 34.5 Å². The van der Waals surface area contributed by atoms with Gasteiger partial charge >= 0.3 is 5.97 Å². The summed E-state index contributed by atoms with van der Waals surface area (Å²) >= 11 is 0. The zero-order chi connectivity index (χ0) is 22.4. The molecular weight excluding hydrogens is 418 g/mol. The van der Waals surface area contributed by atoms with Gasteiger partial charge in [-0.2, -0.15) is 0 Å². The second-order valence-corrected chi connectivity index (χ2v) is 8.62. The third kappa shape index (κ3) is 5.29. The Balaban J connectivity index is 1.84. The van der Waals surface area contributed by atoms with Crippen molar-refractivity contribution in [2.24, 2.45) is 0 Å². The van der Waals surface area contributed by atoms with E-state index in [-0.39, 0.29) is 27.5 Å². The summed E-state index contributed by atoms with van der Waals surface area (Å²) in [5.74, 6) is -0.925. The van der Waals surface area contributed by atoms with Crippen LogP contribution in [0.3, 0.4) is 0 Å². The van der Waals surface area contributed by atoms with Gasteiger partial charge in [-0.25, -0.2) is 13.2 Å². The fraction of sp³-hybridized carbons (Fsp3) is 0.130. The van der Waals surface area contributed by atoms with Crippen LogP contribution in [-0.2, 0) is 20.3 Å². The highest BCUT2D eigenvalue weighted by Gasteiger charge is 2.18. The Morgan fingerprint density at radius 3 is 2.32 bits per heavy atom. The fourth-order valence-corrected chi connectivity index (χ4v) is 4.32. The van der Waals surface area contributed by atoms with Gasteiger partial charge in [-0.15, -0.1) is 0 Å². The van der Waals surface area contributed by atoms with E-state index >= 15 is 0 Å². The summed E-state index contributed by atoms with van der Waals surface area (Å²) in [5, 5.41) is 2.67. The number of hydrogen-bond acceptors (Lipinski definition) is 6. The highest BCUT2D eigenvalue weighted by Crippen LogP contribution is 2.24. The third-order valence-corrected chi connectivity index (χ3v) is 6.23. The molecule has 7 nitrogen and oxygen atoms in total. The van der Waals surface area contributed by atoms with E-state index in [1.165, 1.54) is 44.6 Å². The molecule has 1 amide bonds. The predicted molar refractivity (Wildman–Crippen MR) is 116 cm³/mol. The van der Waals surface area contributed by atoms with Crippen LogP contribution in [0.15, 0.2) is 77.7 Å². The van der Waals surface area contributed by atoms with Crippen LogP contribution in [0.5, 0.6) is 5.75 Å². The molecule has 1 N–H and O–H groups in total. The average Bonchev–Trinajstić information content (AvgIpc) is 2.79. The van der Waals surface area contributed by atoms with Crippen LogP contribution >= 0.6 is 0 Å². The Kier molecular flexibility index (Phi) is 6.71. The standard InChI is InChI=1S/C23H21NO6S/c1-29-18-11-12-21(20(14-18)23(26)30-2)24-22(25)17-8-6-7-16(13-17)15-31(27,28)19-9-4-3-5-10-19/h3-14H,15H2,1-2H3,(H,24,25). The van der Waals surface area contributed by atoms with Crippen LogP contribution in [0.4, 0.5) is 5.69 Å². The first-order valence-corrected chi connectivity index (χ1v) is 10.9. The number of rotatable bonds is 7. The lowest BCUT2D eigenvalue weighted by atomic mass is 10.1. The van der Waals surface area contributed by atoms with Crippen LogP contribution in [0.25, 0.3) is 0 Å². The van der Waals surface area contributed by atoms with Gasteiger partial charge in [0.15, 0.2) is 9.84 Å². The van der Waals surface area contributed by atoms with Crippen LogP contribution in [0.2, 0.25) is 0 Å². The number of ether oxygens (including phenoxy) is 2. The topological polar surface area (TPSA) is 98.8 Å². The normalized spacial score (nSPS) is 10.9. The Bertz CT molecular complexity index is 1210. The summed E-state index contributed by atoms with van der Waals surface area (Å²) in [6.07, 6.45) is 0. The number of carbonyl (C=O) groups is 2. The van der Waals surface area contributed by atoms with E-state index in [1.807, 2.05) is 0 Å². The maximum Gasteiger partial charge on any atom is 0.340 e. The minimum atomic E-state index is -3.55. The maximum atomic E-state index is 12.8. The fourth-order valence-electron chi connectivity index (χ4n) is 2.97. The van der Waals surface area contributed by atoms with E-state index in [9.17, 15) is 18.0 Å². The highest BCUT2D eigenvalue weighted by molar-refractivity contribution is 7.90. The summed E-state index contributed by atoms with van der Waals surface area (Å²) < 4.78 is 35.1. The molecule has 0 atom stereocenters. The lowest BCUT2D eigenvalue weighted by Crippen LogP contribution is -2.16. The van der Waals surface area contributed by atoms with Crippen molar-refractivity contribution in [3.8, 4) is 5.75 Å². The molecule has 8 heteroatoms. The van der Waals surface area contributed by atoms with Gasteiger partial charge in [0.2, 0.25) is 0 Å². The maximum absolute atomic E-state index is 12.8. The second kappa shape index (κ2) is 9.44. The molecule has 0 saturated carbocycles. The van der Waals surface area contributed by atoms with E-state index in [0.717, 1.165) is 0 Å². The first-order chi connectivity index (χ1) is 14.8. The molecule has 0 spiro atoms. The average molecular weight is 439 g/mol. The smallest absolute Gasteiger partial charge is 0.340 e. The molecule has 3 aromatic rings. The van der Waals surface area contributed by atoms with Crippen molar-refractivity contribution in [1.82, 2.24) is 0 Å². The number of sulfone groups is 1. The minimum absolute atomic E-state index is 0.137. The van der Waals surface area contributed by atoms with Crippen molar-refractivity contribution in [3.63, 3.8) is 0 Å². The molecule has 0 radical (unpaired) electrons. The van der Waals surface area contributed by atoms with E-state index in [0.29, 0.717) is 11.3 Å². The zero-order valence-corrected chi connectivity index (χ0v) is 17.8. The van der Waals surface area contributed by atoms with E-state index in [4.69, 9.17) is 9.47 Å². The van der Waals surface area contributed by atoms with Gasteiger partial charge in [0, 0.05) is 5.56 Å². The van der Waals surface area contributed by atoms with Gasteiger partial charge in [-0.1, -0.05) is 30.3 Å². The van der Waals surface area contributed by atoms with Gasteiger partial charge in [0.05, 0.1) is 36.1 Å². The number of carbonyl (C=O) groups excluding carboxylic acids is 2. The molecule has 0 aliphatic carbocycles. The molecule has 31 heavy (non-hydrogen) atoms. The Hall–Kier alpha value is -3.65. The highest BCUT2D eigenvalue weighted by atomic mass is 32.2.